The van der Waals surface area contributed by atoms with Crippen LogP contribution in [0.25, 0.3) is 0 Å². The normalized spacial score (nSPS) is 20.1. The van der Waals surface area contributed by atoms with Crippen LogP contribution < -0.4 is 10.2 Å². The SMILES string of the molecule is CNCc1cnccc1N1CCN(C)C(C)(C)C1. The largest absolute Gasteiger partial charge is 0.368 e. The predicted octanol–water partition coefficient (Wildman–Crippen LogP) is 1.33. The lowest BCUT2D eigenvalue weighted by Gasteiger charge is -2.46. The van der Waals surface area contributed by atoms with E-state index >= 15 is 0 Å². The first-order chi connectivity index (χ1) is 8.54. The van der Waals surface area contributed by atoms with E-state index in [9.17, 15) is 0 Å². The zero-order valence-electron chi connectivity index (χ0n) is 11.9. The molecule has 18 heavy (non-hydrogen) atoms. The van der Waals surface area contributed by atoms with Crippen LogP contribution in [0.2, 0.25) is 0 Å². The fourth-order valence-corrected chi connectivity index (χ4v) is 2.50. The van der Waals surface area contributed by atoms with Gasteiger partial charge in [-0.2, -0.15) is 0 Å². The summed E-state index contributed by atoms with van der Waals surface area (Å²) in [5, 5.41) is 3.22. The van der Waals surface area contributed by atoms with Crippen molar-refractivity contribution in [2.45, 2.75) is 25.9 Å². The molecule has 1 fully saturated rings. The number of hydrogen-bond acceptors (Lipinski definition) is 4. The van der Waals surface area contributed by atoms with Gasteiger partial charge in [-0.1, -0.05) is 0 Å². The molecule has 0 radical (unpaired) electrons. The molecule has 0 aromatic carbocycles. The first-order valence-electron chi connectivity index (χ1n) is 6.58. The van der Waals surface area contributed by atoms with E-state index in [0.29, 0.717) is 0 Å². The van der Waals surface area contributed by atoms with Gasteiger partial charge in [0.25, 0.3) is 0 Å². The Morgan fingerprint density at radius 3 is 2.83 bits per heavy atom. The van der Waals surface area contributed by atoms with Crippen molar-refractivity contribution in [1.29, 1.82) is 0 Å². The van der Waals surface area contributed by atoms with Crippen molar-refractivity contribution in [3.63, 3.8) is 0 Å². The number of nitrogens with zero attached hydrogens (tertiary/aromatic N) is 3. The average molecular weight is 248 g/mol. The number of nitrogens with one attached hydrogen (secondary N) is 1. The summed E-state index contributed by atoms with van der Waals surface area (Å²) in [7, 11) is 4.18. The standard InChI is InChI=1S/C14H24N4/c1-14(2)11-18(8-7-17(14)4)13-5-6-16-10-12(13)9-15-3/h5-6,10,15H,7-9,11H2,1-4H3. The maximum atomic E-state index is 4.23. The highest BCUT2D eigenvalue weighted by molar-refractivity contribution is 5.53. The number of aromatic nitrogens is 1. The molecule has 1 aliphatic heterocycles. The topological polar surface area (TPSA) is 31.4 Å². The molecular weight excluding hydrogens is 224 g/mol. The number of pyridine rings is 1. The van der Waals surface area contributed by atoms with Crippen LogP contribution in [0.15, 0.2) is 18.5 Å². The van der Waals surface area contributed by atoms with Crippen LogP contribution in [0.3, 0.4) is 0 Å². The van der Waals surface area contributed by atoms with Crippen molar-refractivity contribution in [2.24, 2.45) is 0 Å². The van der Waals surface area contributed by atoms with Crippen molar-refractivity contribution in [2.75, 3.05) is 38.6 Å². The minimum atomic E-state index is 0.221. The molecule has 2 rings (SSSR count). The lowest BCUT2D eigenvalue weighted by molar-refractivity contribution is 0.139. The maximum absolute atomic E-state index is 4.23. The Hall–Kier alpha value is -1.13. The Balaban J connectivity index is 2.22. The third kappa shape index (κ3) is 2.65. The average Bonchev–Trinajstić information content (AvgIpc) is 2.34. The van der Waals surface area contributed by atoms with Gasteiger partial charge in [-0.05, 0) is 34.0 Å². The van der Waals surface area contributed by atoms with Crippen LogP contribution in [0.4, 0.5) is 5.69 Å². The van der Waals surface area contributed by atoms with Gasteiger partial charge < -0.3 is 10.2 Å². The van der Waals surface area contributed by atoms with E-state index in [0.717, 1.165) is 26.2 Å². The van der Waals surface area contributed by atoms with Crippen molar-refractivity contribution < 1.29 is 0 Å². The zero-order valence-corrected chi connectivity index (χ0v) is 11.9. The summed E-state index contributed by atoms with van der Waals surface area (Å²) >= 11 is 0. The molecule has 0 saturated carbocycles. The Morgan fingerprint density at radius 2 is 2.17 bits per heavy atom. The lowest BCUT2D eigenvalue weighted by atomic mass is 9.99. The fourth-order valence-electron chi connectivity index (χ4n) is 2.50. The van der Waals surface area contributed by atoms with Gasteiger partial charge in [0.05, 0.1) is 0 Å². The minimum Gasteiger partial charge on any atom is -0.368 e. The third-order valence-electron chi connectivity index (χ3n) is 3.90. The fraction of sp³-hybridized carbons (Fsp3) is 0.643. The Bertz CT molecular complexity index is 403. The summed E-state index contributed by atoms with van der Waals surface area (Å²) in [6.45, 7) is 8.73. The van der Waals surface area contributed by atoms with Crippen LogP contribution >= 0.6 is 0 Å². The molecular formula is C14H24N4. The molecule has 1 aromatic rings. The molecule has 0 bridgehead atoms. The van der Waals surface area contributed by atoms with Crippen molar-refractivity contribution in [1.82, 2.24) is 15.2 Å². The molecule has 4 heteroatoms. The number of hydrogen-bond donors (Lipinski definition) is 1. The van der Waals surface area contributed by atoms with Crippen molar-refractivity contribution in [3.8, 4) is 0 Å². The molecule has 0 atom stereocenters. The van der Waals surface area contributed by atoms with E-state index in [1.165, 1.54) is 11.3 Å². The Morgan fingerprint density at radius 1 is 1.39 bits per heavy atom. The van der Waals surface area contributed by atoms with E-state index in [1.807, 2.05) is 19.4 Å². The molecule has 1 saturated heterocycles. The van der Waals surface area contributed by atoms with E-state index < -0.39 is 0 Å². The zero-order chi connectivity index (χ0) is 13.2. The van der Waals surface area contributed by atoms with E-state index in [-0.39, 0.29) is 5.54 Å². The summed E-state index contributed by atoms with van der Waals surface area (Å²) in [5.74, 6) is 0. The smallest absolute Gasteiger partial charge is 0.0443 e. The molecule has 0 spiro atoms. The molecule has 4 nitrogen and oxygen atoms in total. The number of rotatable bonds is 3. The van der Waals surface area contributed by atoms with Gasteiger partial charge in [0.15, 0.2) is 0 Å². The summed E-state index contributed by atoms with van der Waals surface area (Å²) < 4.78 is 0. The van der Waals surface area contributed by atoms with E-state index in [1.54, 1.807) is 0 Å². The number of likely N-dealkylation sites (N-methyl/N-ethyl adjacent to an activating group) is 1. The highest BCUT2D eigenvalue weighted by Crippen LogP contribution is 2.26. The Kier molecular flexibility index (Phi) is 3.88. The number of anilines is 1. The second kappa shape index (κ2) is 5.24. The highest BCUT2D eigenvalue weighted by atomic mass is 15.3. The molecule has 0 aliphatic carbocycles. The molecule has 1 aromatic heterocycles. The molecule has 1 aliphatic rings. The predicted molar refractivity (Wildman–Crippen MR) is 75.9 cm³/mol. The quantitative estimate of drug-likeness (QED) is 0.874. The summed E-state index contributed by atoms with van der Waals surface area (Å²) in [5.41, 5.74) is 2.82. The van der Waals surface area contributed by atoms with Crippen LogP contribution in [0.5, 0.6) is 0 Å². The van der Waals surface area contributed by atoms with Gasteiger partial charge in [-0.15, -0.1) is 0 Å². The summed E-state index contributed by atoms with van der Waals surface area (Å²) in [4.78, 5) is 9.15. The molecule has 1 N–H and O–H groups in total. The van der Waals surface area contributed by atoms with Gasteiger partial charge >= 0.3 is 0 Å². The number of piperazine rings is 1. The highest BCUT2D eigenvalue weighted by Gasteiger charge is 2.31. The van der Waals surface area contributed by atoms with Gasteiger partial charge in [-0.25, -0.2) is 0 Å². The maximum Gasteiger partial charge on any atom is 0.0443 e. The van der Waals surface area contributed by atoms with E-state index in [2.05, 4.69) is 47.1 Å². The summed E-state index contributed by atoms with van der Waals surface area (Å²) in [6.07, 6.45) is 3.86. The molecule has 0 amide bonds. The van der Waals surface area contributed by atoms with Crippen LogP contribution in [-0.2, 0) is 6.54 Å². The second-order valence-corrected chi connectivity index (χ2v) is 5.69. The molecule has 100 valence electrons. The second-order valence-electron chi connectivity index (χ2n) is 5.69. The molecule has 2 heterocycles. The van der Waals surface area contributed by atoms with Gasteiger partial charge in [0.2, 0.25) is 0 Å². The summed E-state index contributed by atoms with van der Waals surface area (Å²) in [6, 6.07) is 2.13. The molecule has 0 unspecified atom stereocenters. The van der Waals surface area contributed by atoms with Gasteiger partial charge in [0, 0.05) is 55.4 Å². The monoisotopic (exact) mass is 248 g/mol. The lowest BCUT2D eigenvalue weighted by Crippen LogP contribution is -2.57. The van der Waals surface area contributed by atoms with Crippen molar-refractivity contribution >= 4 is 5.69 Å². The third-order valence-corrected chi connectivity index (χ3v) is 3.90. The van der Waals surface area contributed by atoms with Gasteiger partial charge in [0.1, 0.15) is 0 Å². The van der Waals surface area contributed by atoms with Crippen LogP contribution in [0, 0.1) is 0 Å². The van der Waals surface area contributed by atoms with Crippen LogP contribution in [0.1, 0.15) is 19.4 Å². The van der Waals surface area contributed by atoms with Gasteiger partial charge in [-0.3, -0.25) is 9.88 Å². The first-order valence-corrected chi connectivity index (χ1v) is 6.58. The minimum absolute atomic E-state index is 0.221. The van der Waals surface area contributed by atoms with E-state index in [4.69, 9.17) is 0 Å². The van der Waals surface area contributed by atoms with Crippen LogP contribution in [-0.4, -0.2) is 49.2 Å². The Labute approximate surface area is 110 Å². The first kappa shape index (κ1) is 13.3. The van der Waals surface area contributed by atoms with Crippen molar-refractivity contribution in [3.05, 3.63) is 24.0 Å².